The van der Waals surface area contributed by atoms with Crippen LogP contribution in [0.5, 0.6) is 0 Å². The maximum Gasteiger partial charge on any atom is 0.104 e. The van der Waals surface area contributed by atoms with Gasteiger partial charge in [0.15, 0.2) is 0 Å². The lowest BCUT2D eigenvalue weighted by Gasteiger charge is -2.36. The van der Waals surface area contributed by atoms with E-state index in [0.717, 1.165) is 32.2 Å². The highest BCUT2D eigenvalue weighted by atomic mass is 15.1. The van der Waals surface area contributed by atoms with E-state index in [2.05, 4.69) is 29.1 Å². The number of hydrogen-bond donors (Lipinski definition) is 2. The minimum Gasteiger partial charge on any atom is -0.367 e. The van der Waals surface area contributed by atoms with Crippen molar-refractivity contribution >= 4 is 0 Å². The lowest BCUT2D eigenvalue weighted by molar-refractivity contribution is 0.162. The molecule has 17 heavy (non-hydrogen) atoms. The van der Waals surface area contributed by atoms with Gasteiger partial charge in [-0.25, -0.2) is 0 Å². The number of rotatable bonds is 3. The smallest absolute Gasteiger partial charge is 0.104 e. The molecule has 0 atom stereocenters. The second kappa shape index (κ2) is 4.91. The number of nitrogens with one attached hydrogen (secondary N) is 1. The van der Waals surface area contributed by atoms with Gasteiger partial charge in [-0.05, 0) is 44.4 Å². The molecule has 0 unspecified atom stereocenters. The van der Waals surface area contributed by atoms with Crippen molar-refractivity contribution in [3.63, 3.8) is 0 Å². The average molecular weight is 232 g/mol. The first-order chi connectivity index (χ1) is 8.13. The van der Waals surface area contributed by atoms with E-state index in [1.54, 1.807) is 0 Å². The minimum atomic E-state index is -0.578. The van der Waals surface area contributed by atoms with Gasteiger partial charge >= 0.3 is 0 Å². The fourth-order valence-electron chi connectivity index (χ4n) is 2.54. The Hall–Kier alpha value is -1.31. The third kappa shape index (κ3) is 2.87. The van der Waals surface area contributed by atoms with Gasteiger partial charge in [0.1, 0.15) is 5.54 Å². The second-order valence-corrected chi connectivity index (χ2v) is 5.13. The van der Waals surface area contributed by atoms with Crippen LogP contribution in [0.15, 0.2) is 18.5 Å². The van der Waals surface area contributed by atoms with Gasteiger partial charge in [0.2, 0.25) is 0 Å². The molecule has 1 fully saturated rings. The zero-order valence-electron chi connectivity index (χ0n) is 10.3. The van der Waals surface area contributed by atoms with Gasteiger partial charge in [0.05, 0.1) is 6.07 Å². The highest BCUT2D eigenvalue weighted by Crippen LogP contribution is 2.28. The highest BCUT2D eigenvalue weighted by Gasteiger charge is 2.32. The van der Waals surface area contributed by atoms with Crippen LogP contribution in [0.1, 0.15) is 31.2 Å². The van der Waals surface area contributed by atoms with E-state index in [1.165, 1.54) is 5.56 Å². The quantitative estimate of drug-likeness (QED) is 0.832. The monoisotopic (exact) mass is 232 g/mol. The van der Waals surface area contributed by atoms with Crippen LogP contribution < -0.4 is 5.73 Å². The summed E-state index contributed by atoms with van der Waals surface area (Å²) < 4.78 is 0. The van der Waals surface area contributed by atoms with Crippen molar-refractivity contribution in [3.8, 4) is 6.07 Å². The van der Waals surface area contributed by atoms with Gasteiger partial charge < -0.3 is 10.7 Å². The van der Waals surface area contributed by atoms with Crippen molar-refractivity contribution in [1.29, 1.82) is 5.26 Å². The summed E-state index contributed by atoms with van der Waals surface area (Å²) in [5, 5.41) is 8.99. The number of aromatic amines is 1. The molecule has 3 N–H and O–H groups in total. The molecule has 0 radical (unpaired) electrons. The van der Waals surface area contributed by atoms with E-state index in [4.69, 9.17) is 11.0 Å². The van der Waals surface area contributed by atoms with E-state index in [9.17, 15) is 0 Å². The zero-order valence-corrected chi connectivity index (χ0v) is 10.3. The summed E-state index contributed by atoms with van der Waals surface area (Å²) in [5.74, 6) is 0. The van der Waals surface area contributed by atoms with Gasteiger partial charge in [0, 0.05) is 25.0 Å². The summed E-state index contributed by atoms with van der Waals surface area (Å²) in [6.07, 6.45) is 7.64. The first-order valence-corrected chi connectivity index (χ1v) is 6.15. The first-order valence-electron chi connectivity index (χ1n) is 6.15. The van der Waals surface area contributed by atoms with Crippen LogP contribution in [0, 0.1) is 11.3 Å². The Labute approximate surface area is 102 Å². The van der Waals surface area contributed by atoms with Crippen LogP contribution >= 0.6 is 0 Å². The standard InChI is InChI=1S/C13H20N4/c1-17(9-11-4-7-16-8-11)12-2-5-13(15,10-14)6-3-12/h4,7-8,12,16H,2-3,5-6,9,15H2,1H3. The molecular weight excluding hydrogens is 212 g/mol. The lowest BCUT2D eigenvalue weighted by atomic mass is 9.81. The molecule has 0 aliphatic heterocycles. The number of nitrogens with two attached hydrogens (primary N) is 1. The Morgan fingerprint density at radius 3 is 2.82 bits per heavy atom. The van der Waals surface area contributed by atoms with Crippen molar-refractivity contribution in [1.82, 2.24) is 9.88 Å². The Balaban J connectivity index is 1.87. The summed E-state index contributed by atoms with van der Waals surface area (Å²) >= 11 is 0. The van der Waals surface area contributed by atoms with Crippen molar-refractivity contribution in [3.05, 3.63) is 24.0 Å². The van der Waals surface area contributed by atoms with E-state index in [1.807, 2.05) is 12.4 Å². The normalized spacial score (nSPS) is 29.2. The average Bonchev–Trinajstić information content (AvgIpc) is 2.83. The number of H-pyrrole nitrogens is 1. The van der Waals surface area contributed by atoms with Crippen molar-refractivity contribution in [2.75, 3.05) is 7.05 Å². The maximum absolute atomic E-state index is 8.99. The predicted molar refractivity (Wildman–Crippen MR) is 67.0 cm³/mol. The van der Waals surface area contributed by atoms with Crippen LogP contribution in [0.4, 0.5) is 0 Å². The van der Waals surface area contributed by atoms with Crippen LogP contribution in [-0.4, -0.2) is 28.5 Å². The molecule has 0 saturated heterocycles. The Kier molecular flexibility index (Phi) is 3.51. The molecule has 92 valence electrons. The number of nitriles is 1. The van der Waals surface area contributed by atoms with Crippen LogP contribution in [0.3, 0.4) is 0 Å². The van der Waals surface area contributed by atoms with Gasteiger partial charge in [-0.15, -0.1) is 0 Å². The topological polar surface area (TPSA) is 68.8 Å². The molecule has 1 aliphatic carbocycles. The SMILES string of the molecule is CN(Cc1cc[nH]c1)C1CCC(N)(C#N)CC1. The molecule has 0 aromatic carbocycles. The number of aromatic nitrogens is 1. The molecule has 0 bridgehead atoms. The fraction of sp³-hybridized carbons (Fsp3) is 0.615. The molecule has 1 aliphatic rings. The van der Waals surface area contributed by atoms with Crippen LogP contribution in [0.25, 0.3) is 0 Å². The summed E-state index contributed by atoms with van der Waals surface area (Å²) in [6, 6.07) is 4.89. The molecule has 1 saturated carbocycles. The van der Waals surface area contributed by atoms with Crippen LogP contribution in [-0.2, 0) is 6.54 Å². The van der Waals surface area contributed by atoms with E-state index in [0.29, 0.717) is 6.04 Å². The number of hydrogen-bond acceptors (Lipinski definition) is 3. The van der Waals surface area contributed by atoms with Gasteiger partial charge in [-0.1, -0.05) is 0 Å². The van der Waals surface area contributed by atoms with Crippen molar-refractivity contribution < 1.29 is 0 Å². The minimum absolute atomic E-state index is 0.551. The Morgan fingerprint density at radius 2 is 2.29 bits per heavy atom. The lowest BCUT2D eigenvalue weighted by Crippen LogP contribution is -2.46. The molecule has 4 heteroatoms. The van der Waals surface area contributed by atoms with Crippen molar-refractivity contribution in [2.24, 2.45) is 5.73 Å². The van der Waals surface area contributed by atoms with E-state index < -0.39 is 5.54 Å². The molecule has 2 rings (SSSR count). The van der Waals surface area contributed by atoms with Crippen molar-refractivity contribution in [2.45, 2.75) is 43.8 Å². The molecule has 0 spiro atoms. The third-order valence-corrected chi connectivity index (χ3v) is 3.79. The molecule has 1 aromatic rings. The first kappa shape index (κ1) is 12.2. The fourth-order valence-corrected chi connectivity index (χ4v) is 2.54. The van der Waals surface area contributed by atoms with Gasteiger partial charge in [0.25, 0.3) is 0 Å². The summed E-state index contributed by atoms with van der Waals surface area (Å²) in [6.45, 7) is 0.957. The van der Waals surface area contributed by atoms with Crippen LogP contribution in [0.2, 0.25) is 0 Å². The summed E-state index contributed by atoms with van der Waals surface area (Å²) in [5.41, 5.74) is 6.70. The predicted octanol–water partition coefficient (Wildman–Crippen LogP) is 1.61. The Morgan fingerprint density at radius 1 is 1.59 bits per heavy atom. The van der Waals surface area contributed by atoms with Gasteiger partial charge in [-0.2, -0.15) is 5.26 Å². The summed E-state index contributed by atoms with van der Waals surface area (Å²) in [4.78, 5) is 5.43. The highest BCUT2D eigenvalue weighted by molar-refractivity contribution is 5.10. The van der Waals surface area contributed by atoms with E-state index in [-0.39, 0.29) is 0 Å². The molecule has 0 amide bonds. The molecule has 4 nitrogen and oxygen atoms in total. The van der Waals surface area contributed by atoms with E-state index >= 15 is 0 Å². The molecule has 1 heterocycles. The molecule has 1 aromatic heterocycles. The molecular formula is C13H20N4. The maximum atomic E-state index is 8.99. The number of nitrogens with zero attached hydrogens (tertiary/aromatic N) is 2. The largest absolute Gasteiger partial charge is 0.367 e. The second-order valence-electron chi connectivity index (χ2n) is 5.13. The Bertz CT molecular complexity index is 382. The van der Waals surface area contributed by atoms with Gasteiger partial charge in [-0.3, -0.25) is 4.90 Å². The third-order valence-electron chi connectivity index (χ3n) is 3.79. The zero-order chi connectivity index (χ0) is 12.3. The summed E-state index contributed by atoms with van der Waals surface area (Å²) in [7, 11) is 2.15.